The van der Waals surface area contributed by atoms with Crippen molar-refractivity contribution in [2.24, 2.45) is 0 Å². The fourth-order valence-electron chi connectivity index (χ4n) is 1.12. The molecule has 0 bridgehead atoms. The normalized spacial score (nSPS) is 10.0. The number of nitro benzene ring substituents is 1. The lowest BCUT2D eigenvalue weighted by Gasteiger charge is -2.06. The third-order valence-corrected chi connectivity index (χ3v) is 1.86. The quantitative estimate of drug-likeness (QED) is 0.424. The maximum absolute atomic E-state index is 10.7. The average molecular weight is 211 g/mol. The van der Waals surface area contributed by atoms with Crippen molar-refractivity contribution in [3.05, 3.63) is 33.9 Å². The second-order valence-corrected chi connectivity index (χ2v) is 3.07. The van der Waals surface area contributed by atoms with Crippen LogP contribution < -0.4 is 4.74 Å². The minimum atomic E-state index is -0.457. The van der Waals surface area contributed by atoms with E-state index in [4.69, 9.17) is 9.47 Å². The summed E-state index contributed by atoms with van der Waals surface area (Å²) < 4.78 is 10.1. The van der Waals surface area contributed by atoms with Crippen molar-refractivity contribution in [1.82, 2.24) is 0 Å². The van der Waals surface area contributed by atoms with E-state index in [1.54, 1.807) is 19.2 Å². The first-order valence-electron chi connectivity index (χ1n) is 4.52. The molecule has 0 amide bonds. The zero-order chi connectivity index (χ0) is 11.3. The molecular formula is C10H13NO4. The van der Waals surface area contributed by atoms with Crippen LogP contribution in [-0.4, -0.2) is 25.2 Å². The summed E-state index contributed by atoms with van der Waals surface area (Å²) in [6.07, 6.45) is 0. The molecule has 82 valence electrons. The van der Waals surface area contributed by atoms with Gasteiger partial charge in [0.15, 0.2) is 5.75 Å². The largest absolute Gasteiger partial charge is 0.484 e. The molecule has 0 spiro atoms. The van der Waals surface area contributed by atoms with Gasteiger partial charge in [-0.2, -0.15) is 0 Å². The molecule has 0 atom stereocenters. The van der Waals surface area contributed by atoms with Crippen LogP contribution in [0.2, 0.25) is 0 Å². The Kier molecular flexibility index (Phi) is 4.05. The van der Waals surface area contributed by atoms with Crippen LogP contribution in [0.15, 0.2) is 18.2 Å². The Hall–Kier alpha value is -1.62. The van der Waals surface area contributed by atoms with Gasteiger partial charge in [0, 0.05) is 13.2 Å². The predicted octanol–water partition coefficient (Wildman–Crippen LogP) is 1.93. The molecule has 5 heteroatoms. The molecule has 0 unspecified atom stereocenters. The van der Waals surface area contributed by atoms with Crippen LogP contribution in [0.1, 0.15) is 5.56 Å². The molecule has 0 heterocycles. The fourth-order valence-corrected chi connectivity index (χ4v) is 1.12. The number of ether oxygens (including phenoxy) is 2. The maximum Gasteiger partial charge on any atom is 0.310 e. The smallest absolute Gasteiger partial charge is 0.310 e. The van der Waals surface area contributed by atoms with Gasteiger partial charge in [0.1, 0.15) is 6.61 Å². The van der Waals surface area contributed by atoms with Gasteiger partial charge in [-0.05, 0) is 18.6 Å². The van der Waals surface area contributed by atoms with Crippen LogP contribution in [0.5, 0.6) is 5.75 Å². The number of rotatable bonds is 5. The summed E-state index contributed by atoms with van der Waals surface area (Å²) in [6, 6.07) is 4.77. The standard InChI is InChI=1S/C10H13NO4/c1-8-3-4-9(11(12)13)10(7-8)15-6-5-14-2/h3-4,7H,5-6H2,1-2H3. The highest BCUT2D eigenvalue weighted by Gasteiger charge is 2.14. The molecule has 0 radical (unpaired) electrons. The van der Waals surface area contributed by atoms with Gasteiger partial charge < -0.3 is 9.47 Å². The Labute approximate surface area is 87.8 Å². The summed E-state index contributed by atoms with van der Waals surface area (Å²) in [6.45, 7) is 2.57. The summed E-state index contributed by atoms with van der Waals surface area (Å²) in [5, 5.41) is 10.7. The number of nitrogens with zero attached hydrogens (tertiary/aromatic N) is 1. The van der Waals surface area contributed by atoms with Gasteiger partial charge in [0.2, 0.25) is 0 Å². The molecule has 0 fully saturated rings. The van der Waals surface area contributed by atoms with Crippen molar-refractivity contribution in [3.8, 4) is 5.75 Å². The Balaban J connectivity index is 2.82. The first kappa shape index (κ1) is 11.5. The second-order valence-electron chi connectivity index (χ2n) is 3.07. The SMILES string of the molecule is COCCOc1cc(C)ccc1[N+](=O)[O-]. The van der Waals surface area contributed by atoms with E-state index in [9.17, 15) is 10.1 Å². The summed E-state index contributed by atoms with van der Waals surface area (Å²) >= 11 is 0. The molecule has 0 saturated carbocycles. The number of hydrogen-bond acceptors (Lipinski definition) is 4. The van der Waals surface area contributed by atoms with E-state index < -0.39 is 4.92 Å². The van der Waals surface area contributed by atoms with Crippen molar-refractivity contribution in [3.63, 3.8) is 0 Å². The molecule has 15 heavy (non-hydrogen) atoms. The summed E-state index contributed by atoms with van der Waals surface area (Å²) in [5.41, 5.74) is 0.907. The van der Waals surface area contributed by atoms with Crippen LogP contribution in [-0.2, 0) is 4.74 Å². The van der Waals surface area contributed by atoms with Crippen molar-refractivity contribution in [2.75, 3.05) is 20.3 Å². The Morgan fingerprint density at radius 3 is 2.73 bits per heavy atom. The highest BCUT2D eigenvalue weighted by molar-refractivity contribution is 5.48. The average Bonchev–Trinajstić information content (AvgIpc) is 2.18. The lowest BCUT2D eigenvalue weighted by molar-refractivity contribution is -0.385. The molecular weight excluding hydrogens is 198 g/mol. The van der Waals surface area contributed by atoms with E-state index in [0.29, 0.717) is 13.2 Å². The Bertz CT molecular complexity index is 351. The van der Waals surface area contributed by atoms with Crippen LogP contribution in [0, 0.1) is 17.0 Å². The molecule has 1 aromatic carbocycles. The van der Waals surface area contributed by atoms with E-state index in [1.165, 1.54) is 6.07 Å². The molecule has 1 aromatic rings. The Morgan fingerprint density at radius 2 is 2.13 bits per heavy atom. The number of aryl methyl sites for hydroxylation is 1. The maximum atomic E-state index is 10.7. The first-order chi connectivity index (χ1) is 7.15. The third-order valence-electron chi connectivity index (χ3n) is 1.86. The molecule has 0 N–H and O–H groups in total. The van der Waals surface area contributed by atoms with Crippen molar-refractivity contribution in [2.45, 2.75) is 6.92 Å². The van der Waals surface area contributed by atoms with E-state index in [-0.39, 0.29) is 11.4 Å². The number of nitro groups is 1. The topological polar surface area (TPSA) is 61.6 Å². The molecule has 1 rings (SSSR count). The summed E-state index contributed by atoms with van der Waals surface area (Å²) in [7, 11) is 1.55. The van der Waals surface area contributed by atoms with Crippen LogP contribution in [0.3, 0.4) is 0 Å². The second kappa shape index (κ2) is 5.31. The van der Waals surface area contributed by atoms with Crippen LogP contribution in [0.25, 0.3) is 0 Å². The zero-order valence-corrected chi connectivity index (χ0v) is 8.73. The molecule has 0 aromatic heterocycles. The summed E-state index contributed by atoms with van der Waals surface area (Å²) in [4.78, 5) is 10.2. The zero-order valence-electron chi connectivity index (χ0n) is 8.73. The van der Waals surface area contributed by atoms with Crippen molar-refractivity contribution in [1.29, 1.82) is 0 Å². The number of methoxy groups -OCH3 is 1. The van der Waals surface area contributed by atoms with E-state index in [1.807, 2.05) is 6.92 Å². The lowest BCUT2D eigenvalue weighted by atomic mass is 10.2. The first-order valence-corrected chi connectivity index (χ1v) is 4.52. The molecule has 0 aliphatic carbocycles. The van der Waals surface area contributed by atoms with Gasteiger partial charge in [-0.15, -0.1) is 0 Å². The summed E-state index contributed by atoms with van der Waals surface area (Å²) in [5.74, 6) is 0.289. The van der Waals surface area contributed by atoms with Crippen LogP contribution in [0.4, 0.5) is 5.69 Å². The highest BCUT2D eigenvalue weighted by Crippen LogP contribution is 2.27. The minimum Gasteiger partial charge on any atom is -0.484 e. The number of hydrogen-bond donors (Lipinski definition) is 0. The van der Waals surface area contributed by atoms with Gasteiger partial charge >= 0.3 is 5.69 Å². The van der Waals surface area contributed by atoms with Gasteiger partial charge in [-0.25, -0.2) is 0 Å². The van der Waals surface area contributed by atoms with Crippen molar-refractivity contribution >= 4 is 5.69 Å². The molecule has 5 nitrogen and oxygen atoms in total. The molecule has 0 aliphatic rings. The van der Waals surface area contributed by atoms with Gasteiger partial charge in [-0.1, -0.05) is 6.07 Å². The molecule has 0 aliphatic heterocycles. The monoisotopic (exact) mass is 211 g/mol. The molecule has 0 saturated heterocycles. The predicted molar refractivity (Wildman–Crippen MR) is 55.2 cm³/mol. The van der Waals surface area contributed by atoms with E-state index >= 15 is 0 Å². The minimum absolute atomic E-state index is 0.0169. The van der Waals surface area contributed by atoms with Crippen LogP contribution >= 0.6 is 0 Å². The van der Waals surface area contributed by atoms with E-state index in [2.05, 4.69) is 0 Å². The number of benzene rings is 1. The highest BCUT2D eigenvalue weighted by atomic mass is 16.6. The van der Waals surface area contributed by atoms with Crippen molar-refractivity contribution < 1.29 is 14.4 Å². The van der Waals surface area contributed by atoms with E-state index in [0.717, 1.165) is 5.56 Å². The van der Waals surface area contributed by atoms with Gasteiger partial charge in [0.25, 0.3) is 0 Å². The lowest BCUT2D eigenvalue weighted by Crippen LogP contribution is -2.06. The third kappa shape index (κ3) is 3.21. The Morgan fingerprint density at radius 1 is 1.40 bits per heavy atom. The fraction of sp³-hybridized carbons (Fsp3) is 0.400. The van der Waals surface area contributed by atoms with Gasteiger partial charge in [0.05, 0.1) is 11.5 Å². The van der Waals surface area contributed by atoms with Gasteiger partial charge in [-0.3, -0.25) is 10.1 Å².